The molecule has 0 bridgehead atoms. The van der Waals surface area contributed by atoms with E-state index >= 15 is 0 Å². The lowest BCUT2D eigenvalue weighted by atomic mass is 9.88. The molecule has 1 aliphatic heterocycles. The molecule has 0 unspecified atom stereocenters. The van der Waals surface area contributed by atoms with Crippen LogP contribution in [0.15, 0.2) is 66.7 Å². The number of benzene rings is 3. The van der Waals surface area contributed by atoms with Gasteiger partial charge < -0.3 is 20.7 Å². The smallest absolute Gasteiger partial charge is 0.256 e. The number of halogens is 5. The van der Waals surface area contributed by atoms with Crippen molar-refractivity contribution in [3.05, 3.63) is 101 Å². The first-order valence-corrected chi connectivity index (χ1v) is 15.1. The standard InChI is InChI=1S/C34H38F5N3O3/c1-2-16-34(38,39)18-33(44)41-19-26-21-45-27(20-40-26)14-15-28-30(37)4-3-5-31(28)42-32(43)17-29(22-6-10-24(35)11-7-22)23-8-12-25(36)13-9-23/h3-13,26-27,29,40H,2,14-21H2,1H3,(H,41,44)(H,42,43)/t26-,27-/m1/s1. The highest BCUT2D eigenvalue weighted by molar-refractivity contribution is 5.92. The summed E-state index contributed by atoms with van der Waals surface area (Å²) in [7, 11) is 0. The summed E-state index contributed by atoms with van der Waals surface area (Å²) in [5, 5.41) is 8.57. The van der Waals surface area contributed by atoms with Crippen molar-refractivity contribution in [1.29, 1.82) is 0 Å². The third-order valence-electron chi connectivity index (χ3n) is 7.79. The molecule has 3 N–H and O–H groups in total. The normalized spacial score (nSPS) is 16.9. The van der Waals surface area contributed by atoms with Crippen molar-refractivity contribution in [1.82, 2.24) is 10.6 Å². The summed E-state index contributed by atoms with van der Waals surface area (Å²) in [5.74, 6) is -5.95. The van der Waals surface area contributed by atoms with Gasteiger partial charge in [-0.25, -0.2) is 22.0 Å². The minimum absolute atomic E-state index is 0.0446. The quantitative estimate of drug-likeness (QED) is 0.178. The van der Waals surface area contributed by atoms with E-state index in [-0.39, 0.29) is 51.0 Å². The maximum Gasteiger partial charge on any atom is 0.256 e. The van der Waals surface area contributed by atoms with Gasteiger partial charge in [-0.15, -0.1) is 0 Å². The molecule has 242 valence electrons. The average molecular weight is 632 g/mol. The van der Waals surface area contributed by atoms with E-state index in [1.807, 2.05) is 0 Å². The number of alkyl halides is 2. The number of anilines is 1. The number of hydrogen-bond acceptors (Lipinski definition) is 4. The van der Waals surface area contributed by atoms with Crippen molar-refractivity contribution in [2.45, 2.75) is 69.4 Å². The lowest BCUT2D eigenvalue weighted by Gasteiger charge is -2.31. The van der Waals surface area contributed by atoms with E-state index < -0.39 is 47.5 Å². The maximum atomic E-state index is 15.0. The topological polar surface area (TPSA) is 79.5 Å². The van der Waals surface area contributed by atoms with Crippen LogP contribution in [0.3, 0.4) is 0 Å². The number of nitrogens with one attached hydrogen (secondary N) is 3. The van der Waals surface area contributed by atoms with Gasteiger partial charge in [-0.1, -0.05) is 43.7 Å². The minimum Gasteiger partial charge on any atom is -0.375 e. The van der Waals surface area contributed by atoms with Gasteiger partial charge >= 0.3 is 0 Å². The second-order valence-electron chi connectivity index (χ2n) is 11.4. The van der Waals surface area contributed by atoms with E-state index in [0.29, 0.717) is 35.3 Å². The Morgan fingerprint density at radius 1 is 0.956 bits per heavy atom. The monoisotopic (exact) mass is 631 g/mol. The largest absolute Gasteiger partial charge is 0.375 e. The predicted octanol–water partition coefficient (Wildman–Crippen LogP) is 6.50. The van der Waals surface area contributed by atoms with Gasteiger partial charge in [0.2, 0.25) is 11.8 Å². The lowest BCUT2D eigenvalue weighted by Crippen LogP contribution is -2.52. The molecule has 3 aromatic rings. The Balaban J connectivity index is 1.31. The molecule has 1 heterocycles. The maximum absolute atomic E-state index is 15.0. The molecule has 0 aliphatic carbocycles. The first-order chi connectivity index (χ1) is 21.5. The number of rotatable bonds is 14. The van der Waals surface area contributed by atoms with Crippen molar-refractivity contribution in [3.63, 3.8) is 0 Å². The highest BCUT2D eigenvalue weighted by Gasteiger charge is 2.31. The summed E-state index contributed by atoms with van der Waals surface area (Å²) in [4.78, 5) is 25.2. The molecule has 0 radical (unpaired) electrons. The van der Waals surface area contributed by atoms with Crippen molar-refractivity contribution in [2.24, 2.45) is 0 Å². The SMILES string of the molecule is CCCC(F)(F)CC(=O)NC[C@@H]1CO[C@H](CCc2c(F)cccc2NC(=O)CC(c2ccc(F)cc2)c2ccc(F)cc2)CN1. The fourth-order valence-electron chi connectivity index (χ4n) is 5.41. The van der Waals surface area contributed by atoms with Gasteiger partial charge in [-0.3, -0.25) is 9.59 Å². The molecule has 2 atom stereocenters. The average Bonchev–Trinajstić information content (AvgIpc) is 3.00. The van der Waals surface area contributed by atoms with E-state index in [2.05, 4.69) is 16.0 Å². The molecule has 1 fully saturated rings. The van der Waals surface area contributed by atoms with Gasteiger partial charge in [0.05, 0.1) is 19.1 Å². The predicted molar refractivity (Wildman–Crippen MR) is 162 cm³/mol. The molecule has 4 rings (SSSR count). The van der Waals surface area contributed by atoms with Gasteiger partial charge in [0.1, 0.15) is 17.5 Å². The highest BCUT2D eigenvalue weighted by Crippen LogP contribution is 2.30. The summed E-state index contributed by atoms with van der Waals surface area (Å²) < 4.78 is 75.4. The van der Waals surface area contributed by atoms with Gasteiger partial charge in [0.15, 0.2) is 0 Å². The van der Waals surface area contributed by atoms with Crippen molar-refractivity contribution in [3.8, 4) is 0 Å². The Kier molecular flexibility index (Phi) is 12.1. The molecule has 45 heavy (non-hydrogen) atoms. The summed E-state index contributed by atoms with van der Waals surface area (Å²) in [6, 6.07) is 15.7. The lowest BCUT2D eigenvalue weighted by molar-refractivity contribution is -0.129. The zero-order chi connectivity index (χ0) is 32.4. The highest BCUT2D eigenvalue weighted by atomic mass is 19.3. The number of morpholine rings is 1. The van der Waals surface area contributed by atoms with Gasteiger partial charge in [0, 0.05) is 49.1 Å². The summed E-state index contributed by atoms with van der Waals surface area (Å²) >= 11 is 0. The first kappa shape index (κ1) is 34.1. The molecule has 6 nitrogen and oxygen atoms in total. The number of carbonyl (C=O) groups is 2. The molecule has 1 saturated heterocycles. The first-order valence-electron chi connectivity index (χ1n) is 15.1. The molecule has 1 aliphatic rings. The van der Waals surface area contributed by atoms with Gasteiger partial charge in [0.25, 0.3) is 5.92 Å². The van der Waals surface area contributed by atoms with Gasteiger partial charge in [-0.2, -0.15) is 0 Å². The van der Waals surface area contributed by atoms with Crippen LogP contribution in [0.1, 0.15) is 61.6 Å². The van der Waals surface area contributed by atoms with Crippen LogP contribution in [0.5, 0.6) is 0 Å². The third kappa shape index (κ3) is 10.4. The van der Waals surface area contributed by atoms with Gasteiger partial charge in [-0.05, 0) is 60.4 Å². The number of hydrogen-bond donors (Lipinski definition) is 3. The van der Waals surface area contributed by atoms with Crippen LogP contribution in [-0.4, -0.2) is 49.6 Å². The molecule has 0 spiro atoms. The fraction of sp³-hybridized carbons (Fsp3) is 0.412. The van der Waals surface area contributed by atoms with Crippen molar-refractivity contribution < 1.29 is 36.3 Å². The Bertz CT molecular complexity index is 1370. The molecular formula is C34H38F5N3O3. The number of ether oxygens (including phenoxy) is 1. The molecule has 0 saturated carbocycles. The molecule has 0 aromatic heterocycles. The van der Waals surface area contributed by atoms with E-state index in [0.717, 1.165) is 0 Å². The van der Waals surface area contributed by atoms with Crippen LogP contribution in [-0.2, 0) is 20.7 Å². The van der Waals surface area contributed by atoms with Crippen molar-refractivity contribution in [2.75, 3.05) is 25.0 Å². The summed E-state index contributed by atoms with van der Waals surface area (Å²) in [5.41, 5.74) is 1.98. The third-order valence-corrected chi connectivity index (χ3v) is 7.79. The van der Waals surface area contributed by atoms with E-state index in [9.17, 15) is 31.5 Å². The minimum atomic E-state index is -3.03. The van der Waals surface area contributed by atoms with E-state index in [4.69, 9.17) is 4.74 Å². The summed E-state index contributed by atoms with van der Waals surface area (Å²) in [6.07, 6.45) is -0.512. The van der Waals surface area contributed by atoms with E-state index in [1.54, 1.807) is 37.3 Å². The van der Waals surface area contributed by atoms with Crippen molar-refractivity contribution >= 4 is 17.5 Å². The Morgan fingerprint density at radius 3 is 2.18 bits per heavy atom. The van der Waals surface area contributed by atoms with E-state index in [1.165, 1.54) is 36.4 Å². The fourth-order valence-corrected chi connectivity index (χ4v) is 5.41. The zero-order valence-electron chi connectivity index (χ0n) is 25.1. The van der Waals surface area contributed by atoms with Crippen LogP contribution >= 0.6 is 0 Å². The number of amides is 2. The molecular weight excluding hydrogens is 593 g/mol. The second kappa shape index (κ2) is 15.9. The molecule has 3 aromatic carbocycles. The second-order valence-corrected chi connectivity index (χ2v) is 11.4. The summed E-state index contributed by atoms with van der Waals surface area (Å²) in [6.45, 7) is 2.44. The Labute approximate surface area is 259 Å². The zero-order valence-corrected chi connectivity index (χ0v) is 25.1. The van der Waals surface area contributed by atoms with Crippen LogP contribution in [0.2, 0.25) is 0 Å². The van der Waals surface area contributed by atoms with Crippen LogP contribution < -0.4 is 16.0 Å². The van der Waals surface area contributed by atoms with Crippen LogP contribution in [0.4, 0.5) is 27.6 Å². The molecule has 2 amide bonds. The van der Waals surface area contributed by atoms with Crippen LogP contribution in [0.25, 0.3) is 0 Å². The Morgan fingerprint density at radius 2 is 1.60 bits per heavy atom. The number of carbonyl (C=O) groups excluding carboxylic acids is 2. The van der Waals surface area contributed by atoms with Crippen LogP contribution in [0, 0.1) is 17.5 Å². The molecule has 11 heteroatoms. The Hall–Kier alpha value is -3.83.